The second-order valence-electron chi connectivity index (χ2n) is 6.36. The lowest BCUT2D eigenvalue weighted by Gasteiger charge is -2.23. The van der Waals surface area contributed by atoms with E-state index in [1.54, 1.807) is 7.05 Å². The predicted octanol–water partition coefficient (Wildman–Crippen LogP) is 0.0749. The van der Waals surface area contributed by atoms with Crippen molar-refractivity contribution >= 4 is 11.7 Å². The third-order valence-corrected chi connectivity index (χ3v) is 3.16. The molecule has 0 radical (unpaired) electrons. The minimum absolute atomic E-state index is 0.133. The third-order valence-electron chi connectivity index (χ3n) is 3.16. The molecule has 21 heavy (non-hydrogen) atoms. The van der Waals surface area contributed by atoms with Gasteiger partial charge >= 0.3 is 0 Å². The summed E-state index contributed by atoms with van der Waals surface area (Å²) in [6, 6.07) is -0.398. The molecule has 0 saturated heterocycles. The first-order valence-electron chi connectivity index (χ1n) is 7.17. The molecule has 0 saturated carbocycles. The molecule has 7 heteroatoms. The highest BCUT2D eigenvalue weighted by atomic mass is 16.6. The zero-order valence-electron chi connectivity index (χ0n) is 13.4. The van der Waals surface area contributed by atoms with Gasteiger partial charge in [0.1, 0.15) is 18.6 Å². The molecule has 0 aliphatic heterocycles. The van der Waals surface area contributed by atoms with Crippen LogP contribution in [0.25, 0.3) is 0 Å². The monoisotopic (exact) mass is 303 g/mol. The molecule has 0 rings (SSSR count). The van der Waals surface area contributed by atoms with E-state index >= 15 is 0 Å². The van der Waals surface area contributed by atoms with E-state index in [1.807, 2.05) is 0 Å². The van der Waals surface area contributed by atoms with Gasteiger partial charge in [-0.3, -0.25) is 14.4 Å². The van der Waals surface area contributed by atoms with Crippen LogP contribution in [0.4, 0.5) is 0 Å². The Kier molecular flexibility index (Phi) is 9.36. The summed E-state index contributed by atoms with van der Waals surface area (Å²) in [6.07, 6.45) is 1.09. The van der Waals surface area contributed by atoms with Gasteiger partial charge in [-0.25, -0.2) is 5.90 Å². The molecule has 0 aromatic heterocycles. The number of carbonyl (C=O) groups is 2. The van der Waals surface area contributed by atoms with E-state index in [-0.39, 0.29) is 17.8 Å². The lowest BCUT2D eigenvalue weighted by Crippen LogP contribution is -2.50. The lowest BCUT2D eigenvalue weighted by molar-refractivity contribution is -0.129. The summed E-state index contributed by atoms with van der Waals surface area (Å²) in [4.78, 5) is 27.3. The van der Waals surface area contributed by atoms with E-state index in [1.165, 1.54) is 0 Å². The number of carbonyl (C=O) groups excluding carboxylic acids is 2. The molecular formula is C14H29N3O4. The van der Waals surface area contributed by atoms with Crippen molar-refractivity contribution in [2.24, 2.45) is 11.3 Å². The number of aliphatic hydroxyl groups is 1. The fraction of sp³-hybridized carbons (Fsp3) is 0.857. The Labute approximate surface area is 126 Å². The highest BCUT2D eigenvalue weighted by Gasteiger charge is 2.21. The average molecular weight is 303 g/mol. The van der Waals surface area contributed by atoms with E-state index in [0.29, 0.717) is 19.3 Å². The molecular weight excluding hydrogens is 274 g/mol. The lowest BCUT2D eigenvalue weighted by atomic mass is 9.89. The van der Waals surface area contributed by atoms with Gasteiger partial charge in [-0.1, -0.05) is 20.8 Å². The summed E-state index contributed by atoms with van der Waals surface area (Å²) in [5, 5.41) is 15.1. The molecule has 0 heterocycles. The molecule has 2 atom stereocenters. The zero-order chi connectivity index (χ0) is 16.5. The summed E-state index contributed by atoms with van der Waals surface area (Å²) in [5.41, 5.74) is 0.133. The van der Waals surface area contributed by atoms with Crippen molar-refractivity contribution in [3.8, 4) is 0 Å². The highest BCUT2D eigenvalue weighted by molar-refractivity contribution is 5.78. The van der Waals surface area contributed by atoms with Crippen LogP contribution in [0.5, 0.6) is 0 Å². The Morgan fingerprint density at radius 1 is 1.29 bits per heavy atom. The maximum atomic E-state index is 11.8. The molecule has 2 unspecified atom stereocenters. The van der Waals surface area contributed by atoms with Crippen LogP contribution >= 0.6 is 0 Å². The minimum Gasteiger partial charge on any atom is -0.372 e. The quantitative estimate of drug-likeness (QED) is 0.336. The van der Waals surface area contributed by atoms with Crippen LogP contribution in [0.3, 0.4) is 0 Å². The first kappa shape index (κ1) is 20.0. The summed E-state index contributed by atoms with van der Waals surface area (Å²) >= 11 is 0. The fourth-order valence-corrected chi connectivity index (χ4v) is 1.80. The van der Waals surface area contributed by atoms with Crippen LogP contribution < -0.4 is 16.5 Å². The van der Waals surface area contributed by atoms with Crippen molar-refractivity contribution in [1.82, 2.24) is 10.6 Å². The molecule has 0 spiro atoms. The van der Waals surface area contributed by atoms with E-state index in [2.05, 4.69) is 36.2 Å². The highest BCUT2D eigenvalue weighted by Crippen LogP contribution is 2.21. The van der Waals surface area contributed by atoms with Gasteiger partial charge in [0, 0.05) is 12.8 Å². The SMILES string of the molecule is CNC(CCC(=O)CCC(C)(C)C)C(O)NC(=O)CON. The summed E-state index contributed by atoms with van der Waals surface area (Å²) in [7, 11) is 1.67. The van der Waals surface area contributed by atoms with E-state index in [4.69, 9.17) is 5.90 Å². The Hall–Kier alpha value is -1.02. The smallest absolute Gasteiger partial charge is 0.250 e. The largest absolute Gasteiger partial charge is 0.372 e. The van der Waals surface area contributed by atoms with E-state index in [9.17, 15) is 14.7 Å². The molecule has 5 N–H and O–H groups in total. The van der Waals surface area contributed by atoms with E-state index in [0.717, 1.165) is 6.42 Å². The number of hydrogen-bond acceptors (Lipinski definition) is 6. The standard InChI is InChI=1S/C14H29N3O4/c1-14(2,3)8-7-10(18)5-6-11(16-4)13(20)17-12(19)9-21-15/h11,13,16,20H,5-9,15H2,1-4H3,(H,17,19). The maximum absolute atomic E-state index is 11.8. The summed E-state index contributed by atoms with van der Waals surface area (Å²) in [6.45, 7) is 5.96. The number of Topliss-reactive ketones (excluding diaryl/α,β-unsaturated/α-hetero) is 1. The van der Waals surface area contributed by atoms with Crippen molar-refractivity contribution in [3.05, 3.63) is 0 Å². The van der Waals surface area contributed by atoms with Gasteiger partial charge in [-0.2, -0.15) is 0 Å². The molecule has 0 aliphatic carbocycles. The second kappa shape index (κ2) is 9.83. The first-order chi connectivity index (χ1) is 9.69. The average Bonchev–Trinajstić information content (AvgIpc) is 2.36. The molecule has 0 aromatic carbocycles. The zero-order valence-corrected chi connectivity index (χ0v) is 13.4. The molecule has 0 bridgehead atoms. The van der Waals surface area contributed by atoms with Gasteiger partial charge < -0.3 is 15.7 Å². The molecule has 124 valence electrons. The van der Waals surface area contributed by atoms with Crippen LogP contribution in [0.2, 0.25) is 0 Å². The van der Waals surface area contributed by atoms with Gasteiger partial charge in [0.25, 0.3) is 0 Å². The number of rotatable bonds is 10. The minimum atomic E-state index is -1.09. The third kappa shape index (κ3) is 10.4. The van der Waals surface area contributed by atoms with Crippen molar-refractivity contribution < 1.29 is 19.5 Å². The number of likely N-dealkylation sites (N-methyl/N-ethyl adjacent to an activating group) is 1. The van der Waals surface area contributed by atoms with Crippen LogP contribution in [0.1, 0.15) is 46.5 Å². The van der Waals surface area contributed by atoms with Crippen LogP contribution in [0, 0.1) is 5.41 Å². The van der Waals surface area contributed by atoms with Crippen molar-refractivity contribution in [1.29, 1.82) is 0 Å². The van der Waals surface area contributed by atoms with E-state index < -0.39 is 18.2 Å². The van der Waals surface area contributed by atoms with Crippen molar-refractivity contribution in [3.63, 3.8) is 0 Å². The molecule has 0 aromatic rings. The summed E-state index contributed by atoms with van der Waals surface area (Å²) in [5.74, 6) is 4.43. The Balaban J connectivity index is 4.13. The number of nitrogens with one attached hydrogen (secondary N) is 2. The fourth-order valence-electron chi connectivity index (χ4n) is 1.80. The normalized spacial score (nSPS) is 14.6. The number of hydrogen-bond donors (Lipinski definition) is 4. The second-order valence-corrected chi connectivity index (χ2v) is 6.36. The molecule has 1 amide bonds. The molecule has 0 aliphatic rings. The molecule has 0 fully saturated rings. The van der Waals surface area contributed by atoms with Crippen LogP contribution in [-0.4, -0.2) is 42.7 Å². The number of aliphatic hydroxyl groups excluding tert-OH is 1. The van der Waals surface area contributed by atoms with Crippen LogP contribution in [-0.2, 0) is 14.4 Å². The van der Waals surface area contributed by atoms with Gasteiger partial charge in [0.15, 0.2) is 0 Å². The van der Waals surface area contributed by atoms with Gasteiger partial charge in [0.2, 0.25) is 5.91 Å². The number of amides is 1. The van der Waals surface area contributed by atoms with Gasteiger partial charge in [-0.15, -0.1) is 0 Å². The Bertz CT molecular complexity index is 329. The van der Waals surface area contributed by atoms with Crippen LogP contribution in [0.15, 0.2) is 0 Å². The predicted molar refractivity (Wildman–Crippen MR) is 80.1 cm³/mol. The van der Waals surface area contributed by atoms with Crippen molar-refractivity contribution in [2.45, 2.75) is 58.7 Å². The van der Waals surface area contributed by atoms with Crippen molar-refractivity contribution in [2.75, 3.05) is 13.7 Å². The number of nitrogens with two attached hydrogens (primary N) is 1. The molecule has 7 nitrogen and oxygen atoms in total. The Morgan fingerprint density at radius 2 is 1.90 bits per heavy atom. The topological polar surface area (TPSA) is 114 Å². The first-order valence-corrected chi connectivity index (χ1v) is 7.17. The van der Waals surface area contributed by atoms with Gasteiger partial charge in [0.05, 0.1) is 6.04 Å². The van der Waals surface area contributed by atoms with Gasteiger partial charge in [-0.05, 0) is 25.3 Å². The maximum Gasteiger partial charge on any atom is 0.250 e. The summed E-state index contributed by atoms with van der Waals surface area (Å²) < 4.78 is 0. The number of ketones is 1. The Morgan fingerprint density at radius 3 is 2.38 bits per heavy atom.